The number of ether oxygens (including phenoxy) is 1. The molecule has 1 unspecified atom stereocenters. The first-order chi connectivity index (χ1) is 8.99. The number of amides is 1. The van der Waals surface area contributed by atoms with E-state index in [1.165, 1.54) is 19.2 Å². The van der Waals surface area contributed by atoms with Crippen molar-refractivity contribution in [2.75, 3.05) is 13.7 Å². The number of carboxylic acids is 1. The minimum absolute atomic E-state index is 0.122. The van der Waals surface area contributed by atoms with Gasteiger partial charge in [0.25, 0.3) is 5.91 Å². The van der Waals surface area contributed by atoms with Crippen LogP contribution in [0.1, 0.15) is 21.7 Å². The summed E-state index contributed by atoms with van der Waals surface area (Å²) >= 11 is 0. The number of pyridine rings is 1. The fourth-order valence-corrected chi connectivity index (χ4v) is 1.35. The summed E-state index contributed by atoms with van der Waals surface area (Å²) in [5, 5.41) is 19.9. The second-order valence-corrected chi connectivity index (χ2v) is 3.71. The van der Waals surface area contributed by atoms with Gasteiger partial charge >= 0.3 is 5.97 Å². The molecule has 1 heterocycles. The predicted molar refractivity (Wildman–Crippen MR) is 64.5 cm³/mol. The summed E-state index contributed by atoms with van der Waals surface area (Å²) in [5.74, 6) is -1.68. The summed E-state index contributed by atoms with van der Waals surface area (Å²) in [6.45, 7) is 1.45. The Kier molecular flexibility index (Phi) is 4.97. The van der Waals surface area contributed by atoms with Gasteiger partial charge in [0, 0.05) is 7.11 Å². The molecule has 0 saturated carbocycles. The Bertz CT molecular complexity index is 536. The van der Waals surface area contributed by atoms with Gasteiger partial charge in [0.2, 0.25) is 0 Å². The molecule has 0 saturated heterocycles. The first kappa shape index (κ1) is 14.6. The second-order valence-electron chi connectivity index (χ2n) is 3.71. The van der Waals surface area contributed by atoms with Crippen LogP contribution in [0.25, 0.3) is 0 Å². The first-order valence-electron chi connectivity index (χ1n) is 5.41. The van der Waals surface area contributed by atoms with Gasteiger partial charge in [-0.25, -0.2) is 9.78 Å². The molecule has 0 spiro atoms. The molecule has 0 aliphatic carbocycles. The van der Waals surface area contributed by atoms with Crippen LogP contribution in [0.15, 0.2) is 12.1 Å². The Morgan fingerprint density at radius 1 is 1.58 bits per heavy atom. The van der Waals surface area contributed by atoms with E-state index in [9.17, 15) is 9.59 Å². The number of carbonyl (C=O) groups is 2. The van der Waals surface area contributed by atoms with Crippen molar-refractivity contribution in [1.82, 2.24) is 10.3 Å². The highest BCUT2D eigenvalue weighted by Gasteiger charge is 2.18. The van der Waals surface area contributed by atoms with Crippen molar-refractivity contribution in [3.63, 3.8) is 0 Å². The van der Waals surface area contributed by atoms with Crippen LogP contribution in [0.5, 0.6) is 0 Å². The van der Waals surface area contributed by atoms with Crippen molar-refractivity contribution in [3.8, 4) is 6.07 Å². The number of hydrogen-bond acceptors (Lipinski definition) is 5. The highest BCUT2D eigenvalue weighted by atomic mass is 16.5. The summed E-state index contributed by atoms with van der Waals surface area (Å²) < 4.78 is 4.68. The Balaban J connectivity index is 2.72. The van der Waals surface area contributed by atoms with E-state index in [1.807, 2.05) is 6.07 Å². The molecule has 0 bridgehead atoms. The number of aromatic nitrogens is 1. The normalized spacial score (nSPS) is 11.4. The van der Waals surface area contributed by atoms with Gasteiger partial charge in [-0.05, 0) is 19.1 Å². The third-order valence-electron chi connectivity index (χ3n) is 2.45. The molecule has 1 aromatic heterocycles. The quantitative estimate of drug-likeness (QED) is 0.778. The van der Waals surface area contributed by atoms with Gasteiger partial charge in [-0.3, -0.25) is 4.79 Å². The molecule has 0 radical (unpaired) electrons. The van der Waals surface area contributed by atoms with Crippen LogP contribution in [-0.2, 0) is 9.53 Å². The molecule has 0 aromatic carbocycles. The maximum absolute atomic E-state index is 11.7. The number of nitrogens with one attached hydrogen (secondary N) is 1. The Labute approximate surface area is 109 Å². The molecule has 0 aliphatic heterocycles. The number of carboxylic acid groups (broad SMARTS) is 1. The van der Waals surface area contributed by atoms with Gasteiger partial charge in [-0.1, -0.05) is 0 Å². The summed E-state index contributed by atoms with van der Waals surface area (Å²) in [7, 11) is 1.25. The zero-order chi connectivity index (χ0) is 14.4. The number of hydrogen-bond donors (Lipinski definition) is 2. The summed E-state index contributed by atoms with van der Waals surface area (Å²) in [5.41, 5.74) is 0.949. The maximum atomic E-state index is 11.7. The van der Waals surface area contributed by atoms with Crippen LogP contribution in [0, 0.1) is 18.3 Å². The molecule has 0 aliphatic rings. The van der Waals surface area contributed by atoms with E-state index in [4.69, 9.17) is 10.4 Å². The topological polar surface area (TPSA) is 112 Å². The van der Waals surface area contributed by atoms with E-state index >= 15 is 0 Å². The van der Waals surface area contributed by atoms with E-state index in [1.54, 1.807) is 6.92 Å². The highest BCUT2D eigenvalue weighted by Crippen LogP contribution is 2.05. The number of aliphatic carboxylic acids is 1. The lowest BCUT2D eigenvalue weighted by atomic mass is 10.2. The predicted octanol–water partition coefficient (Wildman–Crippen LogP) is 0.0911. The van der Waals surface area contributed by atoms with Crippen LogP contribution in [0.3, 0.4) is 0 Å². The molecule has 1 rings (SSSR count). The smallest absolute Gasteiger partial charge is 0.334 e. The number of rotatable bonds is 5. The number of nitriles is 1. The SMILES string of the molecule is COC(CNC(=O)c1ccc(C#N)c(C)n1)C(=O)O. The molecule has 7 heteroatoms. The van der Waals surface area contributed by atoms with Crippen molar-refractivity contribution in [2.45, 2.75) is 13.0 Å². The average Bonchev–Trinajstić information content (AvgIpc) is 2.38. The summed E-state index contributed by atoms with van der Waals surface area (Å²) in [6, 6.07) is 4.84. The third-order valence-corrected chi connectivity index (χ3v) is 2.45. The van der Waals surface area contributed by atoms with Gasteiger partial charge in [0.1, 0.15) is 11.8 Å². The molecule has 0 fully saturated rings. The summed E-state index contributed by atoms with van der Waals surface area (Å²) in [4.78, 5) is 26.4. The van der Waals surface area contributed by atoms with Crippen LogP contribution in [-0.4, -0.2) is 41.7 Å². The minimum Gasteiger partial charge on any atom is -0.479 e. The number of carbonyl (C=O) groups excluding carboxylic acids is 1. The van der Waals surface area contributed by atoms with Gasteiger partial charge in [0.05, 0.1) is 17.8 Å². The van der Waals surface area contributed by atoms with Crippen molar-refractivity contribution < 1.29 is 19.4 Å². The molecule has 19 heavy (non-hydrogen) atoms. The minimum atomic E-state index is -1.16. The zero-order valence-corrected chi connectivity index (χ0v) is 10.5. The summed E-state index contributed by atoms with van der Waals surface area (Å²) in [6.07, 6.45) is -1.11. The van der Waals surface area contributed by atoms with Crippen LogP contribution >= 0.6 is 0 Å². The van der Waals surface area contributed by atoms with Crippen LogP contribution < -0.4 is 5.32 Å². The van der Waals surface area contributed by atoms with Crippen LogP contribution in [0.4, 0.5) is 0 Å². The average molecular weight is 263 g/mol. The second kappa shape index (κ2) is 6.47. The lowest BCUT2D eigenvalue weighted by Gasteiger charge is -2.11. The lowest BCUT2D eigenvalue weighted by molar-refractivity contribution is -0.148. The standard InChI is InChI=1S/C12H13N3O4/c1-7-8(5-13)3-4-9(15-7)11(16)14-6-10(19-2)12(17)18/h3-4,10H,6H2,1-2H3,(H,14,16)(H,17,18). The Morgan fingerprint density at radius 2 is 2.26 bits per heavy atom. The van der Waals surface area contributed by atoms with E-state index in [-0.39, 0.29) is 12.2 Å². The number of nitrogens with zero attached hydrogens (tertiary/aromatic N) is 2. The van der Waals surface area contributed by atoms with Crippen LogP contribution in [0.2, 0.25) is 0 Å². The number of methoxy groups -OCH3 is 1. The Morgan fingerprint density at radius 3 is 2.74 bits per heavy atom. The van der Waals surface area contributed by atoms with Crippen molar-refractivity contribution in [2.24, 2.45) is 0 Å². The molecule has 2 N–H and O–H groups in total. The first-order valence-corrected chi connectivity index (χ1v) is 5.41. The Hall–Kier alpha value is -2.46. The molecule has 1 aromatic rings. The third kappa shape index (κ3) is 3.76. The fourth-order valence-electron chi connectivity index (χ4n) is 1.35. The van der Waals surface area contributed by atoms with E-state index in [0.29, 0.717) is 11.3 Å². The maximum Gasteiger partial charge on any atom is 0.334 e. The van der Waals surface area contributed by atoms with E-state index in [2.05, 4.69) is 15.0 Å². The fraction of sp³-hybridized carbons (Fsp3) is 0.333. The largest absolute Gasteiger partial charge is 0.479 e. The molecule has 1 atom stereocenters. The highest BCUT2D eigenvalue weighted by molar-refractivity contribution is 5.92. The van der Waals surface area contributed by atoms with Crippen molar-refractivity contribution in [1.29, 1.82) is 5.26 Å². The van der Waals surface area contributed by atoms with E-state index in [0.717, 1.165) is 0 Å². The van der Waals surface area contributed by atoms with E-state index < -0.39 is 18.0 Å². The van der Waals surface area contributed by atoms with Crippen molar-refractivity contribution >= 4 is 11.9 Å². The molecule has 7 nitrogen and oxygen atoms in total. The van der Waals surface area contributed by atoms with Gasteiger partial charge < -0.3 is 15.2 Å². The monoisotopic (exact) mass is 263 g/mol. The van der Waals surface area contributed by atoms with Crippen molar-refractivity contribution in [3.05, 3.63) is 29.1 Å². The molecule has 100 valence electrons. The zero-order valence-electron chi connectivity index (χ0n) is 10.5. The van der Waals surface area contributed by atoms with Gasteiger partial charge in [-0.15, -0.1) is 0 Å². The molecule has 1 amide bonds. The molecular weight excluding hydrogens is 250 g/mol. The van der Waals surface area contributed by atoms with Gasteiger partial charge in [0.15, 0.2) is 6.10 Å². The van der Waals surface area contributed by atoms with Gasteiger partial charge in [-0.2, -0.15) is 5.26 Å². The lowest BCUT2D eigenvalue weighted by Crippen LogP contribution is -2.38. The molecular formula is C12H13N3O4. The number of aryl methyl sites for hydroxylation is 1.